The first-order valence-electron chi connectivity index (χ1n) is 8.78. The van der Waals surface area contributed by atoms with E-state index in [1.807, 2.05) is 0 Å². The number of hydrogen-bond donors (Lipinski definition) is 3. The molecule has 2 unspecified atom stereocenters. The molecule has 2 heterocycles. The fourth-order valence-electron chi connectivity index (χ4n) is 2.80. The van der Waals surface area contributed by atoms with Crippen LogP contribution >= 0.6 is 0 Å². The Hall–Kier alpha value is -2.55. The van der Waals surface area contributed by atoms with Gasteiger partial charge >= 0.3 is 6.18 Å². The van der Waals surface area contributed by atoms with Crippen LogP contribution in [0, 0.1) is 5.82 Å². The van der Waals surface area contributed by atoms with Crippen LogP contribution in [-0.2, 0) is 20.9 Å². The summed E-state index contributed by atoms with van der Waals surface area (Å²) in [6, 6.07) is 2.65. The van der Waals surface area contributed by atoms with Gasteiger partial charge in [-0.3, -0.25) is 0 Å². The van der Waals surface area contributed by atoms with Crippen LogP contribution in [0.15, 0.2) is 29.3 Å². The molecule has 0 bridgehead atoms. The van der Waals surface area contributed by atoms with E-state index < -0.39 is 56.0 Å². The van der Waals surface area contributed by atoms with E-state index in [9.17, 15) is 31.1 Å². The second-order valence-corrected chi connectivity index (χ2v) is 8.59. The molecule has 0 amide bonds. The standard InChI is InChI=1S/C17H18F4N4O5S/c1-16(26)8-29-5-4-13(16)30-14-10(17(19,20)21)7-23-15(25-14)24-12-3-2-9(6-11(12)18)31(22,27)28/h2-3,6-7,13,26H,4-5,8H2,1H3,(H2,22,27,28)(H,23,24,25). The van der Waals surface area contributed by atoms with Gasteiger partial charge in [-0.15, -0.1) is 0 Å². The summed E-state index contributed by atoms with van der Waals surface area (Å²) >= 11 is 0. The van der Waals surface area contributed by atoms with E-state index in [0.29, 0.717) is 12.3 Å². The summed E-state index contributed by atoms with van der Waals surface area (Å²) in [5.41, 5.74) is -3.16. The molecule has 1 aliphatic heterocycles. The summed E-state index contributed by atoms with van der Waals surface area (Å²) in [5, 5.41) is 17.6. The molecule has 0 spiro atoms. The van der Waals surface area contributed by atoms with Crippen LogP contribution < -0.4 is 15.2 Å². The average molecular weight is 466 g/mol. The van der Waals surface area contributed by atoms with Crippen LogP contribution in [0.4, 0.5) is 29.2 Å². The molecule has 0 aliphatic carbocycles. The van der Waals surface area contributed by atoms with Crippen molar-refractivity contribution in [1.82, 2.24) is 9.97 Å². The Labute approximate surface area is 174 Å². The zero-order chi connectivity index (χ0) is 23.0. The van der Waals surface area contributed by atoms with Crippen LogP contribution in [-0.4, -0.2) is 48.4 Å². The lowest BCUT2D eigenvalue weighted by Gasteiger charge is -2.36. The van der Waals surface area contributed by atoms with Gasteiger partial charge in [-0.05, 0) is 25.1 Å². The topological polar surface area (TPSA) is 137 Å². The summed E-state index contributed by atoms with van der Waals surface area (Å²) in [6.45, 7) is 1.38. The maximum atomic E-state index is 14.2. The minimum absolute atomic E-state index is 0.112. The lowest BCUT2D eigenvalue weighted by Crippen LogP contribution is -2.51. The van der Waals surface area contributed by atoms with E-state index in [1.54, 1.807) is 0 Å². The Balaban J connectivity index is 1.93. The maximum absolute atomic E-state index is 14.2. The van der Waals surface area contributed by atoms with Gasteiger partial charge in [0.15, 0.2) is 0 Å². The normalized spacial score (nSPS) is 22.2. The van der Waals surface area contributed by atoms with Crippen LogP contribution in [0.2, 0.25) is 0 Å². The first kappa shape index (κ1) is 23.1. The predicted molar refractivity (Wildman–Crippen MR) is 98.6 cm³/mol. The summed E-state index contributed by atoms with van der Waals surface area (Å²) in [4.78, 5) is 6.71. The highest BCUT2D eigenvalue weighted by atomic mass is 32.2. The number of nitrogens with zero attached hydrogens (tertiary/aromatic N) is 2. The Morgan fingerprint density at radius 1 is 1.39 bits per heavy atom. The highest BCUT2D eigenvalue weighted by Crippen LogP contribution is 2.37. The number of aromatic nitrogens is 2. The molecule has 2 atom stereocenters. The van der Waals surface area contributed by atoms with Gasteiger partial charge in [0.25, 0.3) is 0 Å². The zero-order valence-electron chi connectivity index (χ0n) is 16.0. The first-order valence-corrected chi connectivity index (χ1v) is 10.3. The minimum Gasteiger partial charge on any atom is -0.471 e. The van der Waals surface area contributed by atoms with Crippen LogP contribution in [0.3, 0.4) is 0 Å². The number of benzene rings is 1. The molecule has 1 fully saturated rings. The molecule has 14 heteroatoms. The SMILES string of the molecule is CC1(O)COCCC1Oc1nc(Nc2ccc(S(N)(=O)=O)cc2F)ncc1C(F)(F)F. The van der Waals surface area contributed by atoms with Crippen LogP contribution in [0.25, 0.3) is 0 Å². The number of anilines is 2. The monoisotopic (exact) mass is 466 g/mol. The van der Waals surface area contributed by atoms with E-state index in [1.165, 1.54) is 6.92 Å². The molecule has 170 valence electrons. The van der Waals surface area contributed by atoms with Gasteiger partial charge in [0, 0.05) is 12.6 Å². The van der Waals surface area contributed by atoms with Crippen molar-refractivity contribution in [1.29, 1.82) is 0 Å². The number of sulfonamides is 1. The molecule has 2 aromatic rings. The third-order valence-electron chi connectivity index (χ3n) is 4.44. The Kier molecular flexibility index (Phi) is 6.10. The number of halogens is 4. The van der Waals surface area contributed by atoms with Crippen molar-refractivity contribution in [3.8, 4) is 5.88 Å². The van der Waals surface area contributed by atoms with Gasteiger partial charge in [0.2, 0.25) is 21.9 Å². The van der Waals surface area contributed by atoms with E-state index >= 15 is 0 Å². The fraction of sp³-hybridized carbons (Fsp3) is 0.412. The van der Waals surface area contributed by atoms with Crippen molar-refractivity contribution in [2.24, 2.45) is 5.14 Å². The zero-order valence-corrected chi connectivity index (χ0v) is 16.8. The lowest BCUT2D eigenvalue weighted by molar-refractivity contribution is -0.152. The van der Waals surface area contributed by atoms with Gasteiger partial charge in [0.05, 0.1) is 23.8 Å². The number of hydrogen-bond acceptors (Lipinski definition) is 8. The number of rotatable bonds is 5. The number of nitrogens with two attached hydrogens (primary N) is 1. The van der Waals surface area contributed by atoms with Crippen molar-refractivity contribution >= 4 is 21.7 Å². The highest BCUT2D eigenvalue weighted by Gasteiger charge is 2.41. The van der Waals surface area contributed by atoms with Crippen LogP contribution in [0.5, 0.6) is 5.88 Å². The van der Waals surface area contributed by atoms with Gasteiger partial charge in [-0.2, -0.15) is 18.2 Å². The number of aliphatic hydroxyl groups is 1. The molecule has 1 aromatic heterocycles. The first-order chi connectivity index (χ1) is 14.3. The molecule has 1 aromatic carbocycles. The second-order valence-electron chi connectivity index (χ2n) is 7.03. The fourth-order valence-corrected chi connectivity index (χ4v) is 3.32. The van der Waals surface area contributed by atoms with E-state index in [2.05, 4.69) is 15.3 Å². The molecule has 0 saturated carbocycles. The predicted octanol–water partition coefficient (Wildman–Crippen LogP) is 1.94. The van der Waals surface area contributed by atoms with E-state index in [-0.39, 0.29) is 25.3 Å². The van der Waals surface area contributed by atoms with E-state index in [4.69, 9.17) is 14.6 Å². The molecular weight excluding hydrogens is 448 g/mol. The Bertz CT molecular complexity index is 1080. The number of alkyl halides is 3. The van der Waals surface area contributed by atoms with Crippen molar-refractivity contribution in [3.05, 3.63) is 35.8 Å². The molecule has 0 radical (unpaired) electrons. The molecular formula is C17H18F4N4O5S. The van der Waals surface area contributed by atoms with Gasteiger partial charge in [-0.1, -0.05) is 0 Å². The van der Waals surface area contributed by atoms with E-state index in [0.717, 1.165) is 12.1 Å². The Morgan fingerprint density at radius 3 is 2.68 bits per heavy atom. The Morgan fingerprint density at radius 2 is 2.10 bits per heavy atom. The molecule has 9 nitrogen and oxygen atoms in total. The van der Waals surface area contributed by atoms with Gasteiger partial charge < -0.3 is 19.9 Å². The summed E-state index contributed by atoms with van der Waals surface area (Å²) in [7, 11) is -4.15. The summed E-state index contributed by atoms with van der Waals surface area (Å²) in [5.74, 6) is -2.36. The van der Waals surface area contributed by atoms with Crippen molar-refractivity contribution in [2.75, 3.05) is 18.5 Å². The average Bonchev–Trinajstić information content (AvgIpc) is 2.63. The number of nitrogens with one attached hydrogen (secondary N) is 1. The lowest BCUT2D eigenvalue weighted by atomic mass is 9.95. The van der Waals surface area contributed by atoms with Gasteiger partial charge in [-0.25, -0.2) is 22.9 Å². The summed E-state index contributed by atoms with van der Waals surface area (Å²) in [6.07, 6.45) is -5.33. The third-order valence-corrected chi connectivity index (χ3v) is 5.35. The maximum Gasteiger partial charge on any atom is 0.423 e. The highest BCUT2D eigenvalue weighted by molar-refractivity contribution is 7.89. The number of ether oxygens (including phenoxy) is 2. The summed E-state index contributed by atoms with van der Waals surface area (Å²) < 4.78 is 87.4. The molecule has 1 aliphatic rings. The molecule has 4 N–H and O–H groups in total. The molecule has 31 heavy (non-hydrogen) atoms. The third kappa shape index (κ3) is 5.39. The largest absolute Gasteiger partial charge is 0.471 e. The van der Waals surface area contributed by atoms with Crippen molar-refractivity contribution < 1.29 is 40.6 Å². The van der Waals surface area contributed by atoms with Crippen molar-refractivity contribution in [2.45, 2.75) is 36.1 Å². The molecule has 1 saturated heterocycles. The second kappa shape index (κ2) is 8.18. The minimum atomic E-state index is -4.85. The van der Waals surface area contributed by atoms with Crippen molar-refractivity contribution in [3.63, 3.8) is 0 Å². The smallest absolute Gasteiger partial charge is 0.423 e. The van der Waals surface area contributed by atoms with Gasteiger partial charge in [0.1, 0.15) is 23.1 Å². The quantitative estimate of drug-likeness (QED) is 0.569. The molecule has 3 rings (SSSR count). The van der Waals surface area contributed by atoms with Crippen LogP contribution in [0.1, 0.15) is 18.9 Å². The number of primary sulfonamides is 1.